The van der Waals surface area contributed by atoms with Crippen LogP contribution in [0.5, 0.6) is 0 Å². The standard InChI is InChI=1S/C5H9ClO4/c6-10-5-1-3(8)4(2-7)9-5/h3-5,7-8H,1-2H2/t3-,4+,5?/m1/s1. The minimum Gasteiger partial charge on any atom is -0.394 e. The summed E-state index contributed by atoms with van der Waals surface area (Å²) in [6.07, 6.45) is -1.50. The fourth-order valence-corrected chi connectivity index (χ4v) is 1.03. The van der Waals surface area contributed by atoms with Gasteiger partial charge in [-0.15, -0.1) is 0 Å². The number of aliphatic hydroxyl groups excluding tert-OH is 2. The van der Waals surface area contributed by atoms with Crippen LogP contribution >= 0.6 is 11.9 Å². The van der Waals surface area contributed by atoms with E-state index in [4.69, 9.17) is 26.8 Å². The van der Waals surface area contributed by atoms with Gasteiger partial charge in [-0.25, -0.2) is 4.29 Å². The van der Waals surface area contributed by atoms with E-state index in [0.29, 0.717) is 6.42 Å². The van der Waals surface area contributed by atoms with E-state index in [1.165, 1.54) is 0 Å². The highest BCUT2D eigenvalue weighted by Crippen LogP contribution is 2.21. The molecule has 0 spiro atoms. The van der Waals surface area contributed by atoms with Gasteiger partial charge in [0.2, 0.25) is 0 Å². The first-order chi connectivity index (χ1) is 4.77. The fourth-order valence-electron chi connectivity index (χ4n) is 0.912. The molecule has 1 aliphatic heterocycles. The summed E-state index contributed by atoms with van der Waals surface area (Å²) < 4.78 is 9.21. The number of halogens is 1. The molecule has 2 N–H and O–H groups in total. The average Bonchev–Trinajstić information content (AvgIpc) is 2.30. The molecule has 1 saturated heterocycles. The molecule has 1 unspecified atom stereocenters. The molecule has 1 heterocycles. The van der Waals surface area contributed by atoms with E-state index in [1.807, 2.05) is 0 Å². The van der Waals surface area contributed by atoms with Gasteiger partial charge in [0, 0.05) is 6.42 Å². The molecule has 1 rings (SSSR count). The lowest BCUT2D eigenvalue weighted by molar-refractivity contribution is -0.0902. The van der Waals surface area contributed by atoms with Crippen LogP contribution in [0.4, 0.5) is 0 Å². The van der Waals surface area contributed by atoms with E-state index in [2.05, 4.69) is 4.29 Å². The zero-order chi connectivity index (χ0) is 7.56. The molecule has 5 heteroatoms. The lowest BCUT2D eigenvalue weighted by Crippen LogP contribution is -2.24. The van der Waals surface area contributed by atoms with E-state index < -0.39 is 18.5 Å². The predicted molar refractivity (Wildman–Crippen MR) is 33.3 cm³/mol. The molecule has 60 valence electrons. The van der Waals surface area contributed by atoms with E-state index in [0.717, 1.165) is 0 Å². The largest absolute Gasteiger partial charge is 0.394 e. The SMILES string of the molecule is OC[C@@H]1OC(OCl)C[C@H]1O. The van der Waals surface area contributed by atoms with E-state index >= 15 is 0 Å². The first kappa shape index (κ1) is 8.23. The quantitative estimate of drug-likeness (QED) is 0.591. The molecule has 10 heavy (non-hydrogen) atoms. The van der Waals surface area contributed by atoms with Gasteiger partial charge in [0.1, 0.15) is 6.10 Å². The van der Waals surface area contributed by atoms with Crippen molar-refractivity contribution in [3.8, 4) is 0 Å². The maximum absolute atomic E-state index is 9.07. The summed E-state index contributed by atoms with van der Waals surface area (Å²) in [5.74, 6) is 0. The van der Waals surface area contributed by atoms with Crippen molar-refractivity contribution in [2.45, 2.75) is 24.9 Å². The Balaban J connectivity index is 2.36. The van der Waals surface area contributed by atoms with Gasteiger partial charge in [-0.1, -0.05) is 0 Å². The molecular formula is C5H9ClO4. The van der Waals surface area contributed by atoms with Gasteiger partial charge in [0.05, 0.1) is 24.6 Å². The topological polar surface area (TPSA) is 58.9 Å². The van der Waals surface area contributed by atoms with Gasteiger partial charge in [-0.05, 0) is 0 Å². The van der Waals surface area contributed by atoms with Gasteiger partial charge < -0.3 is 14.9 Å². The lowest BCUT2D eigenvalue weighted by atomic mass is 10.2. The minimum atomic E-state index is -0.672. The summed E-state index contributed by atoms with van der Waals surface area (Å²) in [4.78, 5) is 0. The van der Waals surface area contributed by atoms with Crippen molar-refractivity contribution in [3.63, 3.8) is 0 Å². The van der Waals surface area contributed by atoms with Crippen LogP contribution in [0.2, 0.25) is 0 Å². The lowest BCUT2D eigenvalue weighted by Gasteiger charge is -2.08. The Bertz CT molecular complexity index is 110. The van der Waals surface area contributed by atoms with Crippen LogP contribution in [0.15, 0.2) is 0 Å². The summed E-state index contributed by atoms with van der Waals surface area (Å²) in [6, 6.07) is 0. The summed E-state index contributed by atoms with van der Waals surface area (Å²) in [7, 11) is 0. The van der Waals surface area contributed by atoms with Gasteiger partial charge in [-0.3, -0.25) is 0 Å². The monoisotopic (exact) mass is 168 g/mol. The number of hydrogen-bond donors (Lipinski definition) is 2. The molecule has 1 fully saturated rings. The highest BCUT2D eigenvalue weighted by Gasteiger charge is 2.33. The molecule has 0 aromatic heterocycles. The van der Waals surface area contributed by atoms with E-state index in [-0.39, 0.29) is 6.61 Å². The van der Waals surface area contributed by atoms with Crippen LogP contribution in [-0.2, 0) is 9.03 Å². The zero-order valence-corrected chi connectivity index (χ0v) is 5.99. The third-order valence-electron chi connectivity index (χ3n) is 1.47. The van der Waals surface area contributed by atoms with Gasteiger partial charge in [-0.2, -0.15) is 0 Å². The van der Waals surface area contributed by atoms with E-state index in [1.54, 1.807) is 0 Å². The summed E-state index contributed by atoms with van der Waals surface area (Å²) >= 11 is 4.98. The Kier molecular flexibility index (Phi) is 2.88. The summed E-state index contributed by atoms with van der Waals surface area (Å²) in [5.41, 5.74) is 0. The normalized spacial score (nSPS) is 40.5. The van der Waals surface area contributed by atoms with Crippen LogP contribution in [-0.4, -0.2) is 35.3 Å². The third-order valence-corrected chi connectivity index (χ3v) is 1.67. The molecular weight excluding hydrogens is 160 g/mol. The molecule has 0 aromatic carbocycles. The van der Waals surface area contributed by atoms with Crippen molar-refractivity contribution in [1.29, 1.82) is 0 Å². The van der Waals surface area contributed by atoms with Crippen LogP contribution < -0.4 is 0 Å². The molecule has 3 atom stereocenters. The van der Waals surface area contributed by atoms with Crippen LogP contribution in [0.25, 0.3) is 0 Å². The number of ether oxygens (including phenoxy) is 1. The summed E-state index contributed by atoms with van der Waals surface area (Å²) in [6.45, 7) is -0.210. The van der Waals surface area contributed by atoms with Crippen molar-refractivity contribution < 1.29 is 19.2 Å². The second kappa shape index (κ2) is 3.50. The Labute approximate surface area is 63.5 Å². The fraction of sp³-hybridized carbons (Fsp3) is 1.00. The molecule has 0 bridgehead atoms. The van der Waals surface area contributed by atoms with Crippen molar-refractivity contribution in [2.24, 2.45) is 0 Å². The predicted octanol–water partition coefficient (Wildman–Crippen LogP) is -0.375. The Morgan fingerprint density at radius 2 is 2.40 bits per heavy atom. The highest BCUT2D eigenvalue weighted by molar-refractivity contribution is 6.07. The smallest absolute Gasteiger partial charge is 0.180 e. The molecule has 1 aliphatic rings. The Morgan fingerprint density at radius 1 is 1.70 bits per heavy atom. The summed E-state index contributed by atoms with van der Waals surface area (Å²) in [5, 5.41) is 17.6. The highest BCUT2D eigenvalue weighted by atomic mass is 35.5. The van der Waals surface area contributed by atoms with E-state index in [9.17, 15) is 0 Å². The Hall–Kier alpha value is 0.130. The van der Waals surface area contributed by atoms with Crippen molar-refractivity contribution >= 4 is 11.9 Å². The molecule has 0 aliphatic carbocycles. The maximum atomic E-state index is 9.07. The Morgan fingerprint density at radius 3 is 2.70 bits per heavy atom. The number of hydrogen-bond acceptors (Lipinski definition) is 4. The van der Waals surface area contributed by atoms with Crippen LogP contribution in [0, 0.1) is 0 Å². The van der Waals surface area contributed by atoms with Crippen molar-refractivity contribution in [3.05, 3.63) is 0 Å². The van der Waals surface area contributed by atoms with Crippen molar-refractivity contribution in [2.75, 3.05) is 6.61 Å². The van der Waals surface area contributed by atoms with Gasteiger partial charge in [0.15, 0.2) is 6.29 Å². The molecule has 4 nitrogen and oxygen atoms in total. The zero-order valence-electron chi connectivity index (χ0n) is 5.24. The van der Waals surface area contributed by atoms with Gasteiger partial charge >= 0.3 is 0 Å². The number of aliphatic hydroxyl groups is 2. The van der Waals surface area contributed by atoms with Crippen LogP contribution in [0.1, 0.15) is 6.42 Å². The first-order valence-electron chi connectivity index (χ1n) is 2.99. The second-order valence-electron chi connectivity index (χ2n) is 2.18. The third kappa shape index (κ3) is 1.59. The maximum Gasteiger partial charge on any atom is 0.180 e. The molecule has 0 radical (unpaired) electrons. The minimum absolute atomic E-state index is 0.210. The van der Waals surface area contributed by atoms with Crippen molar-refractivity contribution in [1.82, 2.24) is 0 Å². The van der Waals surface area contributed by atoms with Gasteiger partial charge in [0.25, 0.3) is 0 Å². The number of rotatable bonds is 2. The second-order valence-corrected chi connectivity index (χ2v) is 2.36. The first-order valence-corrected chi connectivity index (χ1v) is 3.30. The average molecular weight is 169 g/mol. The van der Waals surface area contributed by atoms with Crippen LogP contribution in [0.3, 0.4) is 0 Å². The molecule has 0 saturated carbocycles. The molecule has 0 amide bonds. The molecule has 0 aromatic rings.